The lowest BCUT2D eigenvalue weighted by molar-refractivity contribution is 0.388. The van der Waals surface area contributed by atoms with E-state index in [4.69, 9.17) is 0 Å². The van der Waals surface area contributed by atoms with Gasteiger partial charge in [-0.25, -0.2) is 0 Å². The van der Waals surface area contributed by atoms with Crippen molar-refractivity contribution in [3.63, 3.8) is 0 Å². The number of unbranched alkanes of at least 4 members (excludes halogenated alkanes) is 7. The molecular weight excluding hydrogens is 204 g/mol. The molecule has 0 aromatic rings. The minimum Gasteiger partial charge on any atom is -0.0654 e. The molecule has 1 unspecified atom stereocenters. The van der Waals surface area contributed by atoms with Gasteiger partial charge in [0.25, 0.3) is 0 Å². The Kier molecular flexibility index (Phi) is 14.1. The summed E-state index contributed by atoms with van der Waals surface area (Å²) in [6.45, 7) is 8.60. The predicted octanol–water partition coefficient (Wildman–Crippen LogP) is 6.55. The highest BCUT2D eigenvalue weighted by atomic mass is 14.1. The molecule has 0 nitrogen and oxygen atoms in total. The first kappa shape index (κ1) is 17.0. The van der Waals surface area contributed by atoms with E-state index in [0.29, 0.717) is 0 Å². The van der Waals surface area contributed by atoms with Gasteiger partial charge in [0.2, 0.25) is 0 Å². The monoisotopic (exact) mass is 239 g/mol. The van der Waals surface area contributed by atoms with E-state index in [2.05, 4.69) is 20.8 Å². The molecule has 0 aliphatic heterocycles. The summed E-state index contributed by atoms with van der Waals surface area (Å²) in [5, 5.41) is 0. The largest absolute Gasteiger partial charge is 0.0654 e. The molecule has 0 saturated carbocycles. The molecule has 1 radical (unpaired) electrons. The van der Waals surface area contributed by atoms with Crippen molar-refractivity contribution in [2.45, 2.75) is 97.3 Å². The Morgan fingerprint density at radius 1 is 0.647 bits per heavy atom. The fourth-order valence-electron chi connectivity index (χ4n) is 2.60. The Hall–Kier alpha value is 0. The van der Waals surface area contributed by atoms with Crippen LogP contribution in [-0.2, 0) is 0 Å². The van der Waals surface area contributed by atoms with Crippen molar-refractivity contribution < 1.29 is 0 Å². The molecule has 0 aromatic carbocycles. The van der Waals surface area contributed by atoms with Gasteiger partial charge in [0.1, 0.15) is 0 Å². The van der Waals surface area contributed by atoms with Crippen LogP contribution in [0.4, 0.5) is 0 Å². The van der Waals surface area contributed by atoms with Crippen LogP contribution >= 0.6 is 0 Å². The average Bonchev–Trinajstić information content (AvgIpc) is 2.34. The molecule has 0 fully saturated rings. The minimum atomic E-state index is 0.975. The second kappa shape index (κ2) is 14.1. The molecule has 0 aliphatic carbocycles. The van der Waals surface area contributed by atoms with Crippen LogP contribution in [0, 0.1) is 12.8 Å². The van der Waals surface area contributed by atoms with Crippen LogP contribution in [0.5, 0.6) is 0 Å². The molecule has 103 valence electrons. The Labute approximate surface area is 111 Å². The van der Waals surface area contributed by atoms with Gasteiger partial charge in [-0.3, -0.25) is 0 Å². The van der Waals surface area contributed by atoms with Crippen LogP contribution in [0.3, 0.4) is 0 Å². The van der Waals surface area contributed by atoms with E-state index in [0.717, 1.165) is 12.3 Å². The van der Waals surface area contributed by atoms with Crippen molar-refractivity contribution >= 4 is 0 Å². The van der Waals surface area contributed by atoms with Gasteiger partial charge in [-0.15, -0.1) is 0 Å². The molecule has 0 aromatic heterocycles. The molecule has 0 N–H and O–H groups in total. The fraction of sp³-hybridized carbons (Fsp3) is 0.941. The molecule has 17 heavy (non-hydrogen) atoms. The van der Waals surface area contributed by atoms with Gasteiger partial charge in [0.05, 0.1) is 0 Å². The number of hydrogen-bond acceptors (Lipinski definition) is 0. The Bertz CT molecular complexity index is 128. The van der Waals surface area contributed by atoms with Crippen molar-refractivity contribution in [2.24, 2.45) is 5.92 Å². The van der Waals surface area contributed by atoms with Crippen LogP contribution in [0.2, 0.25) is 0 Å². The standard InChI is InChI=1S/C17H35/c1-4-7-9-10-11-12-13-16-17(14-6-3)15-8-5-2/h17H,3-16H2,1-2H3. The molecule has 0 heteroatoms. The normalized spacial score (nSPS) is 12.9. The third kappa shape index (κ3) is 12.2. The molecule has 1 atom stereocenters. The molecule has 0 heterocycles. The zero-order valence-corrected chi connectivity index (χ0v) is 12.5. The quantitative estimate of drug-likeness (QED) is 0.320. The van der Waals surface area contributed by atoms with Gasteiger partial charge in [0, 0.05) is 0 Å². The van der Waals surface area contributed by atoms with Crippen LogP contribution < -0.4 is 0 Å². The highest BCUT2D eigenvalue weighted by Gasteiger charge is 2.06. The number of hydrogen-bond donors (Lipinski definition) is 0. The van der Waals surface area contributed by atoms with Crippen LogP contribution in [0.15, 0.2) is 0 Å². The van der Waals surface area contributed by atoms with Crippen LogP contribution in [0.25, 0.3) is 0 Å². The van der Waals surface area contributed by atoms with Gasteiger partial charge in [-0.2, -0.15) is 0 Å². The predicted molar refractivity (Wildman–Crippen MR) is 80.2 cm³/mol. The lowest BCUT2D eigenvalue weighted by Crippen LogP contribution is -2.00. The molecule has 0 rings (SSSR count). The van der Waals surface area contributed by atoms with Gasteiger partial charge >= 0.3 is 0 Å². The van der Waals surface area contributed by atoms with Gasteiger partial charge in [0.15, 0.2) is 0 Å². The average molecular weight is 239 g/mol. The van der Waals surface area contributed by atoms with Crippen molar-refractivity contribution in [1.82, 2.24) is 0 Å². The van der Waals surface area contributed by atoms with Crippen LogP contribution in [-0.4, -0.2) is 0 Å². The van der Waals surface area contributed by atoms with E-state index in [1.165, 1.54) is 77.0 Å². The van der Waals surface area contributed by atoms with E-state index in [-0.39, 0.29) is 0 Å². The second-order valence-electron chi connectivity index (χ2n) is 5.56. The highest BCUT2D eigenvalue weighted by Crippen LogP contribution is 2.22. The van der Waals surface area contributed by atoms with Gasteiger partial charge < -0.3 is 0 Å². The van der Waals surface area contributed by atoms with E-state index < -0.39 is 0 Å². The summed E-state index contributed by atoms with van der Waals surface area (Å²) in [7, 11) is 0. The van der Waals surface area contributed by atoms with E-state index in [9.17, 15) is 0 Å². The zero-order valence-electron chi connectivity index (χ0n) is 12.5. The molecule has 0 aliphatic rings. The third-order valence-corrected chi connectivity index (χ3v) is 3.79. The van der Waals surface area contributed by atoms with Crippen molar-refractivity contribution in [1.29, 1.82) is 0 Å². The summed E-state index contributed by atoms with van der Waals surface area (Å²) in [6, 6.07) is 0. The molecule has 0 bridgehead atoms. The molecule has 0 saturated heterocycles. The first-order valence-corrected chi connectivity index (χ1v) is 8.14. The molecule has 0 amide bonds. The molecule has 0 spiro atoms. The van der Waals surface area contributed by atoms with E-state index in [1.807, 2.05) is 0 Å². The summed E-state index contributed by atoms with van der Waals surface area (Å²) in [4.78, 5) is 0. The maximum atomic E-state index is 4.01. The summed E-state index contributed by atoms with van der Waals surface area (Å²) in [6.07, 6.45) is 18.3. The summed E-state index contributed by atoms with van der Waals surface area (Å²) in [5.41, 5.74) is 0. The Morgan fingerprint density at radius 3 is 1.76 bits per heavy atom. The number of rotatable bonds is 13. The zero-order chi connectivity index (χ0) is 12.8. The van der Waals surface area contributed by atoms with E-state index in [1.54, 1.807) is 0 Å². The summed E-state index contributed by atoms with van der Waals surface area (Å²) in [5.74, 6) is 0.975. The minimum absolute atomic E-state index is 0.975. The maximum absolute atomic E-state index is 4.01. The van der Waals surface area contributed by atoms with Crippen molar-refractivity contribution in [3.05, 3.63) is 6.92 Å². The topological polar surface area (TPSA) is 0 Å². The fourth-order valence-corrected chi connectivity index (χ4v) is 2.60. The summed E-state index contributed by atoms with van der Waals surface area (Å²) < 4.78 is 0. The van der Waals surface area contributed by atoms with Crippen molar-refractivity contribution in [2.75, 3.05) is 0 Å². The van der Waals surface area contributed by atoms with Gasteiger partial charge in [-0.1, -0.05) is 104 Å². The van der Waals surface area contributed by atoms with E-state index >= 15 is 0 Å². The Balaban J connectivity index is 3.34. The smallest absolute Gasteiger partial charge is 0.0414 e. The lowest BCUT2D eigenvalue weighted by atomic mass is 9.91. The SMILES string of the molecule is [CH2]CCC(CCCC)CCCCCCCCC. The Morgan fingerprint density at radius 2 is 1.18 bits per heavy atom. The van der Waals surface area contributed by atoms with Gasteiger partial charge in [-0.05, 0) is 5.92 Å². The molecular formula is C17H35. The maximum Gasteiger partial charge on any atom is -0.0414 e. The second-order valence-corrected chi connectivity index (χ2v) is 5.56. The van der Waals surface area contributed by atoms with Crippen molar-refractivity contribution in [3.8, 4) is 0 Å². The van der Waals surface area contributed by atoms with Crippen LogP contribution in [0.1, 0.15) is 97.3 Å². The third-order valence-electron chi connectivity index (χ3n) is 3.79. The summed E-state index contributed by atoms with van der Waals surface area (Å²) >= 11 is 0. The lowest BCUT2D eigenvalue weighted by Gasteiger charge is -2.15. The highest BCUT2D eigenvalue weighted by molar-refractivity contribution is 4.61. The first-order chi connectivity index (χ1) is 8.35. The first-order valence-electron chi connectivity index (χ1n) is 8.14.